The molecule has 1 fully saturated rings. The summed E-state index contributed by atoms with van der Waals surface area (Å²) in [6.07, 6.45) is 1.01. The average molecular weight is 241 g/mol. The first-order valence-corrected chi connectivity index (χ1v) is 6.69. The Morgan fingerprint density at radius 2 is 2.18 bits per heavy atom. The SMILES string of the molecule is CC1CNCC(C(=O)NCCN(C)C(C)C)C1. The molecule has 0 saturated carbocycles. The van der Waals surface area contributed by atoms with E-state index >= 15 is 0 Å². The molecule has 2 unspecified atom stereocenters. The fourth-order valence-electron chi connectivity index (χ4n) is 2.11. The number of likely N-dealkylation sites (N-methyl/N-ethyl adjacent to an activating group) is 1. The van der Waals surface area contributed by atoms with Gasteiger partial charge in [0.25, 0.3) is 0 Å². The maximum atomic E-state index is 11.9. The fraction of sp³-hybridized carbons (Fsp3) is 0.923. The molecule has 1 rings (SSSR count). The van der Waals surface area contributed by atoms with Gasteiger partial charge in [0.1, 0.15) is 0 Å². The Balaban J connectivity index is 2.20. The van der Waals surface area contributed by atoms with Gasteiger partial charge in [0.05, 0.1) is 5.92 Å². The van der Waals surface area contributed by atoms with Gasteiger partial charge in [-0.05, 0) is 39.8 Å². The zero-order valence-electron chi connectivity index (χ0n) is 11.6. The normalized spacial score (nSPS) is 25.3. The Hall–Kier alpha value is -0.610. The quantitative estimate of drug-likeness (QED) is 0.744. The predicted octanol–water partition coefficient (Wildman–Crippen LogP) is 0.688. The van der Waals surface area contributed by atoms with Gasteiger partial charge in [0.15, 0.2) is 0 Å². The molecule has 1 aliphatic rings. The topological polar surface area (TPSA) is 44.4 Å². The zero-order chi connectivity index (χ0) is 12.8. The van der Waals surface area contributed by atoms with E-state index in [0.717, 1.165) is 32.6 Å². The Morgan fingerprint density at radius 1 is 1.47 bits per heavy atom. The Kier molecular flexibility index (Phi) is 5.92. The number of rotatable bonds is 5. The molecule has 2 N–H and O–H groups in total. The molecule has 0 radical (unpaired) electrons. The standard InChI is InChI=1S/C13H27N3O/c1-10(2)16(4)6-5-15-13(17)12-7-11(3)8-14-9-12/h10-12,14H,5-9H2,1-4H3,(H,15,17). The van der Waals surface area contributed by atoms with Crippen molar-refractivity contribution in [1.29, 1.82) is 0 Å². The van der Waals surface area contributed by atoms with Crippen LogP contribution in [0.2, 0.25) is 0 Å². The second-order valence-electron chi connectivity index (χ2n) is 5.56. The Bertz CT molecular complexity index is 243. The Morgan fingerprint density at radius 3 is 2.76 bits per heavy atom. The highest BCUT2D eigenvalue weighted by Gasteiger charge is 2.24. The van der Waals surface area contributed by atoms with Crippen molar-refractivity contribution < 1.29 is 4.79 Å². The van der Waals surface area contributed by atoms with Gasteiger partial charge >= 0.3 is 0 Å². The number of carbonyl (C=O) groups is 1. The van der Waals surface area contributed by atoms with Crippen LogP contribution in [-0.4, -0.2) is 50.1 Å². The molecule has 2 atom stereocenters. The molecule has 0 aromatic carbocycles. The van der Waals surface area contributed by atoms with Crippen LogP contribution in [0.3, 0.4) is 0 Å². The van der Waals surface area contributed by atoms with Crippen molar-refractivity contribution in [2.75, 3.05) is 33.2 Å². The van der Waals surface area contributed by atoms with Gasteiger partial charge in [-0.1, -0.05) is 6.92 Å². The first kappa shape index (κ1) is 14.5. The van der Waals surface area contributed by atoms with Gasteiger partial charge in [0, 0.05) is 25.7 Å². The number of nitrogens with one attached hydrogen (secondary N) is 2. The van der Waals surface area contributed by atoms with E-state index in [2.05, 4.69) is 43.4 Å². The summed E-state index contributed by atoms with van der Waals surface area (Å²) in [7, 11) is 2.08. The van der Waals surface area contributed by atoms with Crippen molar-refractivity contribution >= 4 is 5.91 Å². The van der Waals surface area contributed by atoms with E-state index in [1.165, 1.54) is 0 Å². The molecule has 0 bridgehead atoms. The summed E-state index contributed by atoms with van der Waals surface area (Å²) in [5.74, 6) is 0.974. The smallest absolute Gasteiger partial charge is 0.224 e. The van der Waals surface area contributed by atoms with Crippen molar-refractivity contribution in [3.8, 4) is 0 Å². The first-order valence-electron chi connectivity index (χ1n) is 6.69. The minimum absolute atomic E-state index is 0.156. The number of piperidine rings is 1. The molecule has 4 nitrogen and oxygen atoms in total. The van der Waals surface area contributed by atoms with Gasteiger partial charge in [-0.25, -0.2) is 0 Å². The van der Waals surface area contributed by atoms with Gasteiger partial charge in [-0.15, -0.1) is 0 Å². The number of hydrogen-bond donors (Lipinski definition) is 2. The molecule has 0 aromatic heterocycles. The van der Waals surface area contributed by atoms with Crippen LogP contribution in [0.4, 0.5) is 0 Å². The lowest BCUT2D eigenvalue weighted by molar-refractivity contribution is -0.125. The van der Waals surface area contributed by atoms with E-state index in [1.807, 2.05) is 0 Å². The van der Waals surface area contributed by atoms with E-state index in [0.29, 0.717) is 12.0 Å². The van der Waals surface area contributed by atoms with Crippen LogP contribution >= 0.6 is 0 Å². The molecule has 100 valence electrons. The second kappa shape index (κ2) is 6.97. The lowest BCUT2D eigenvalue weighted by Crippen LogP contribution is -2.45. The molecule has 0 aromatic rings. The summed E-state index contributed by atoms with van der Waals surface area (Å²) in [5.41, 5.74) is 0. The van der Waals surface area contributed by atoms with Gasteiger partial charge in [-0.3, -0.25) is 4.79 Å². The van der Waals surface area contributed by atoms with Crippen molar-refractivity contribution in [2.45, 2.75) is 33.2 Å². The van der Waals surface area contributed by atoms with E-state index in [1.54, 1.807) is 0 Å². The van der Waals surface area contributed by atoms with Crippen LogP contribution in [-0.2, 0) is 4.79 Å². The van der Waals surface area contributed by atoms with Crippen LogP contribution in [0, 0.1) is 11.8 Å². The molecule has 1 amide bonds. The summed E-state index contributed by atoms with van der Waals surface area (Å²) in [4.78, 5) is 14.2. The summed E-state index contributed by atoms with van der Waals surface area (Å²) in [6, 6.07) is 0.531. The summed E-state index contributed by atoms with van der Waals surface area (Å²) >= 11 is 0. The second-order valence-corrected chi connectivity index (χ2v) is 5.56. The Labute approximate surface area is 105 Å². The minimum Gasteiger partial charge on any atom is -0.355 e. The zero-order valence-corrected chi connectivity index (χ0v) is 11.6. The molecule has 4 heteroatoms. The van der Waals surface area contributed by atoms with Crippen molar-refractivity contribution in [3.05, 3.63) is 0 Å². The van der Waals surface area contributed by atoms with Crippen LogP contribution in [0.25, 0.3) is 0 Å². The maximum Gasteiger partial charge on any atom is 0.224 e. The number of hydrogen-bond acceptors (Lipinski definition) is 3. The lowest BCUT2D eigenvalue weighted by Gasteiger charge is -2.27. The van der Waals surface area contributed by atoms with E-state index < -0.39 is 0 Å². The van der Waals surface area contributed by atoms with E-state index in [4.69, 9.17) is 0 Å². The molecule has 0 aliphatic carbocycles. The number of carbonyl (C=O) groups excluding carboxylic acids is 1. The predicted molar refractivity (Wildman–Crippen MR) is 70.9 cm³/mol. The summed E-state index contributed by atoms with van der Waals surface area (Å²) < 4.78 is 0. The molecule has 1 heterocycles. The monoisotopic (exact) mass is 241 g/mol. The maximum absolute atomic E-state index is 11.9. The number of nitrogens with zero attached hydrogens (tertiary/aromatic N) is 1. The van der Waals surface area contributed by atoms with Crippen molar-refractivity contribution in [3.63, 3.8) is 0 Å². The van der Waals surface area contributed by atoms with Gasteiger partial charge < -0.3 is 15.5 Å². The van der Waals surface area contributed by atoms with Crippen LogP contribution in [0.1, 0.15) is 27.2 Å². The van der Waals surface area contributed by atoms with Crippen LogP contribution in [0.15, 0.2) is 0 Å². The summed E-state index contributed by atoms with van der Waals surface area (Å²) in [6.45, 7) is 10.1. The lowest BCUT2D eigenvalue weighted by atomic mass is 9.91. The van der Waals surface area contributed by atoms with Crippen molar-refractivity contribution in [1.82, 2.24) is 15.5 Å². The van der Waals surface area contributed by atoms with Crippen molar-refractivity contribution in [2.24, 2.45) is 11.8 Å². The minimum atomic E-state index is 0.156. The van der Waals surface area contributed by atoms with E-state index in [9.17, 15) is 4.79 Å². The van der Waals surface area contributed by atoms with Gasteiger partial charge in [-0.2, -0.15) is 0 Å². The third-order valence-corrected chi connectivity index (χ3v) is 3.59. The van der Waals surface area contributed by atoms with Crippen LogP contribution < -0.4 is 10.6 Å². The fourth-order valence-corrected chi connectivity index (χ4v) is 2.11. The third-order valence-electron chi connectivity index (χ3n) is 3.59. The van der Waals surface area contributed by atoms with Crippen LogP contribution in [0.5, 0.6) is 0 Å². The molecular weight excluding hydrogens is 214 g/mol. The highest BCUT2D eigenvalue weighted by Crippen LogP contribution is 2.15. The average Bonchev–Trinajstić information content (AvgIpc) is 2.28. The number of amides is 1. The molecule has 1 saturated heterocycles. The highest BCUT2D eigenvalue weighted by molar-refractivity contribution is 5.79. The highest BCUT2D eigenvalue weighted by atomic mass is 16.1. The van der Waals surface area contributed by atoms with E-state index in [-0.39, 0.29) is 11.8 Å². The third kappa shape index (κ3) is 5.04. The first-order chi connectivity index (χ1) is 8.00. The van der Waals surface area contributed by atoms with Gasteiger partial charge in [0.2, 0.25) is 5.91 Å². The molecule has 0 spiro atoms. The molecule has 17 heavy (non-hydrogen) atoms. The largest absolute Gasteiger partial charge is 0.355 e. The molecular formula is C13H27N3O. The molecule has 1 aliphatic heterocycles. The summed E-state index contributed by atoms with van der Waals surface area (Å²) in [5, 5.41) is 6.35.